The second-order valence-corrected chi connectivity index (χ2v) is 7.46. The summed E-state index contributed by atoms with van der Waals surface area (Å²) in [5.41, 5.74) is 2.65. The van der Waals surface area contributed by atoms with Crippen LogP contribution in [0.1, 0.15) is 46.5 Å². The summed E-state index contributed by atoms with van der Waals surface area (Å²) in [5.74, 6) is -1.31. The second-order valence-electron chi connectivity index (χ2n) is 7.46. The van der Waals surface area contributed by atoms with Crippen LogP contribution in [0.2, 0.25) is 0 Å². The van der Waals surface area contributed by atoms with E-state index in [1.54, 1.807) is 0 Å². The number of ether oxygens (including phenoxy) is 2. The van der Waals surface area contributed by atoms with Gasteiger partial charge in [-0.3, -0.25) is 4.79 Å². The van der Waals surface area contributed by atoms with Crippen molar-refractivity contribution in [3.8, 4) is 6.07 Å². The molecule has 33 heavy (non-hydrogen) atoms. The fourth-order valence-corrected chi connectivity index (χ4v) is 3.55. The van der Waals surface area contributed by atoms with E-state index in [4.69, 9.17) is 4.74 Å². The van der Waals surface area contributed by atoms with E-state index < -0.39 is 17.5 Å². The lowest BCUT2D eigenvalue weighted by atomic mass is 10.1. The van der Waals surface area contributed by atoms with Crippen LogP contribution in [-0.2, 0) is 27.4 Å². The maximum atomic E-state index is 12.5. The van der Waals surface area contributed by atoms with Gasteiger partial charge in [0.15, 0.2) is 0 Å². The first kappa shape index (κ1) is 23.5. The van der Waals surface area contributed by atoms with Crippen molar-refractivity contribution in [2.24, 2.45) is 0 Å². The monoisotopic (exact) mass is 448 g/mol. The fourth-order valence-electron chi connectivity index (χ4n) is 3.55. The second kappa shape index (κ2) is 9.96. The predicted octanol–water partition coefficient (Wildman–Crippen LogP) is 3.19. The summed E-state index contributed by atoms with van der Waals surface area (Å²) in [7, 11) is 1.25. The van der Waals surface area contributed by atoms with Gasteiger partial charge in [-0.15, -0.1) is 0 Å². The molecule has 0 radical (unpaired) electrons. The third-order valence-corrected chi connectivity index (χ3v) is 5.22. The summed E-state index contributed by atoms with van der Waals surface area (Å²) in [6.45, 7) is 6.48. The SMILES string of the molecule is CCCn1c(C)cc(C=C(C#N)C(=O)OCc2nc3cc(C(=O)OC)ccc3c(=O)[nH]2)c1C. The van der Waals surface area contributed by atoms with E-state index in [0.717, 1.165) is 29.9 Å². The van der Waals surface area contributed by atoms with Crippen LogP contribution in [0.15, 0.2) is 34.6 Å². The number of hydrogen-bond acceptors (Lipinski definition) is 7. The molecule has 3 rings (SSSR count). The largest absolute Gasteiger partial charge is 0.465 e. The van der Waals surface area contributed by atoms with Crippen molar-refractivity contribution in [3.05, 3.63) is 68.5 Å². The van der Waals surface area contributed by atoms with Gasteiger partial charge in [-0.2, -0.15) is 5.26 Å². The number of nitriles is 1. The highest BCUT2D eigenvalue weighted by molar-refractivity contribution is 5.98. The number of nitrogens with one attached hydrogen (secondary N) is 1. The van der Waals surface area contributed by atoms with Crippen LogP contribution in [0, 0.1) is 25.2 Å². The number of fused-ring (bicyclic) bond motifs is 1. The minimum atomic E-state index is -0.830. The van der Waals surface area contributed by atoms with Gasteiger partial charge in [0.05, 0.1) is 23.6 Å². The highest BCUT2D eigenvalue weighted by Gasteiger charge is 2.16. The molecule has 0 amide bonds. The minimum Gasteiger partial charge on any atom is -0.465 e. The van der Waals surface area contributed by atoms with Gasteiger partial charge in [-0.1, -0.05) is 6.92 Å². The summed E-state index contributed by atoms with van der Waals surface area (Å²) in [5, 5.41) is 9.75. The lowest BCUT2D eigenvalue weighted by molar-refractivity contribution is -0.139. The number of methoxy groups -OCH3 is 1. The van der Waals surface area contributed by atoms with Crippen LogP contribution in [0.3, 0.4) is 0 Å². The Hall–Kier alpha value is -4.19. The van der Waals surface area contributed by atoms with Gasteiger partial charge in [0.25, 0.3) is 5.56 Å². The first-order chi connectivity index (χ1) is 15.8. The molecule has 170 valence electrons. The first-order valence-corrected chi connectivity index (χ1v) is 10.4. The van der Waals surface area contributed by atoms with E-state index in [1.807, 2.05) is 26.0 Å². The number of H-pyrrole nitrogens is 1. The average Bonchev–Trinajstić information content (AvgIpc) is 3.07. The molecule has 0 fully saturated rings. The Morgan fingerprint density at radius 3 is 2.70 bits per heavy atom. The summed E-state index contributed by atoms with van der Waals surface area (Å²) in [6, 6.07) is 8.15. The molecule has 1 N–H and O–H groups in total. The molecule has 0 saturated heterocycles. The molecule has 0 saturated carbocycles. The summed E-state index contributed by atoms with van der Waals surface area (Å²) in [4.78, 5) is 43.4. The summed E-state index contributed by atoms with van der Waals surface area (Å²) < 4.78 is 12.0. The number of carbonyl (C=O) groups excluding carboxylic acids is 2. The van der Waals surface area contributed by atoms with Crippen molar-refractivity contribution in [1.29, 1.82) is 5.26 Å². The van der Waals surface area contributed by atoms with E-state index in [2.05, 4.69) is 26.2 Å². The van der Waals surface area contributed by atoms with Gasteiger partial charge < -0.3 is 19.0 Å². The van der Waals surface area contributed by atoms with Gasteiger partial charge in [-0.05, 0) is 56.2 Å². The molecule has 2 heterocycles. The molecule has 0 aliphatic heterocycles. The van der Waals surface area contributed by atoms with Crippen molar-refractivity contribution in [1.82, 2.24) is 14.5 Å². The number of nitrogens with zero attached hydrogens (tertiary/aromatic N) is 3. The fraction of sp³-hybridized carbons (Fsp3) is 0.292. The quantitative estimate of drug-likeness (QED) is 0.334. The van der Waals surface area contributed by atoms with E-state index >= 15 is 0 Å². The molecule has 1 aromatic carbocycles. The predicted molar refractivity (Wildman–Crippen MR) is 121 cm³/mol. The average molecular weight is 448 g/mol. The van der Waals surface area contributed by atoms with Crippen LogP contribution in [0.4, 0.5) is 0 Å². The lowest BCUT2D eigenvalue weighted by Gasteiger charge is -2.07. The van der Waals surface area contributed by atoms with Gasteiger partial charge in [0.2, 0.25) is 0 Å². The normalized spacial score (nSPS) is 11.3. The maximum Gasteiger partial charge on any atom is 0.349 e. The Kier molecular flexibility index (Phi) is 7.08. The molecule has 0 atom stereocenters. The number of aromatic amines is 1. The molecule has 0 bridgehead atoms. The highest BCUT2D eigenvalue weighted by Crippen LogP contribution is 2.19. The Morgan fingerprint density at radius 1 is 1.27 bits per heavy atom. The van der Waals surface area contributed by atoms with Crippen LogP contribution >= 0.6 is 0 Å². The number of aryl methyl sites for hydroxylation is 1. The third-order valence-electron chi connectivity index (χ3n) is 5.22. The maximum absolute atomic E-state index is 12.5. The highest BCUT2D eigenvalue weighted by atomic mass is 16.5. The summed E-state index contributed by atoms with van der Waals surface area (Å²) >= 11 is 0. The lowest BCUT2D eigenvalue weighted by Crippen LogP contribution is -2.15. The Labute approximate surface area is 190 Å². The van der Waals surface area contributed by atoms with Crippen molar-refractivity contribution in [2.45, 2.75) is 40.3 Å². The van der Waals surface area contributed by atoms with Crippen LogP contribution in [-0.4, -0.2) is 33.6 Å². The van der Waals surface area contributed by atoms with Crippen LogP contribution in [0.5, 0.6) is 0 Å². The standard InChI is InChI=1S/C24H24N4O5/c1-5-8-28-14(2)9-17(15(28)3)10-18(12-25)24(31)33-13-21-26-20-11-16(23(30)32-4)6-7-19(20)22(29)27-21/h6-7,9-11H,5,8,13H2,1-4H3,(H,26,27,29). The third kappa shape index (κ3) is 5.01. The Balaban J connectivity index is 1.82. The van der Waals surface area contributed by atoms with Crippen molar-refractivity contribution >= 4 is 28.9 Å². The van der Waals surface area contributed by atoms with Crippen molar-refractivity contribution < 1.29 is 19.1 Å². The zero-order valence-electron chi connectivity index (χ0n) is 18.9. The number of carbonyl (C=O) groups is 2. The summed E-state index contributed by atoms with van der Waals surface area (Å²) in [6.07, 6.45) is 2.46. The number of rotatable bonds is 7. The van der Waals surface area contributed by atoms with Crippen LogP contribution in [0.25, 0.3) is 17.0 Å². The molecule has 3 aromatic rings. The van der Waals surface area contributed by atoms with Gasteiger partial charge in [0.1, 0.15) is 24.1 Å². The molecular formula is C24H24N4O5. The Morgan fingerprint density at radius 2 is 2.03 bits per heavy atom. The first-order valence-electron chi connectivity index (χ1n) is 10.4. The Bertz CT molecular complexity index is 1360. The van der Waals surface area contributed by atoms with Crippen molar-refractivity contribution in [2.75, 3.05) is 7.11 Å². The molecule has 0 aliphatic carbocycles. The van der Waals surface area contributed by atoms with Gasteiger partial charge in [-0.25, -0.2) is 14.6 Å². The molecule has 2 aromatic heterocycles. The van der Waals surface area contributed by atoms with Crippen molar-refractivity contribution in [3.63, 3.8) is 0 Å². The minimum absolute atomic E-state index is 0.0845. The number of aromatic nitrogens is 3. The number of esters is 2. The van der Waals surface area contributed by atoms with E-state index in [1.165, 1.54) is 31.4 Å². The number of benzene rings is 1. The molecule has 0 spiro atoms. The molecule has 0 aliphatic rings. The molecule has 9 nitrogen and oxygen atoms in total. The molecular weight excluding hydrogens is 424 g/mol. The molecule has 0 unspecified atom stereocenters. The van der Waals surface area contributed by atoms with Crippen LogP contribution < -0.4 is 5.56 Å². The molecule has 9 heteroatoms. The van der Waals surface area contributed by atoms with E-state index in [-0.39, 0.29) is 34.5 Å². The zero-order valence-corrected chi connectivity index (χ0v) is 18.9. The van der Waals surface area contributed by atoms with Gasteiger partial charge >= 0.3 is 11.9 Å². The van der Waals surface area contributed by atoms with Gasteiger partial charge in [0, 0.05) is 17.9 Å². The van der Waals surface area contributed by atoms with E-state index in [9.17, 15) is 19.6 Å². The smallest absolute Gasteiger partial charge is 0.349 e. The topological polar surface area (TPSA) is 127 Å². The zero-order chi connectivity index (χ0) is 24.1. The van der Waals surface area contributed by atoms with E-state index in [0.29, 0.717) is 0 Å². The number of hydrogen-bond donors (Lipinski definition) is 1.